The van der Waals surface area contributed by atoms with Crippen molar-refractivity contribution in [2.24, 2.45) is 5.18 Å². The largest absolute Gasteiger partial charge is 0.457 e. The van der Waals surface area contributed by atoms with Gasteiger partial charge in [-0.3, -0.25) is 0 Å². The molecule has 2 aromatic rings. The van der Waals surface area contributed by atoms with Crippen LogP contribution in [-0.2, 0) is 10.0 Å². The van der Waals surface area contributed by atoms with Crippen LogP contribution in [0, 0.1) is 4.91 Å². The third kappa shape index (κ3) is 4.64. The van der Waals surface area contributed by atoms with Gasteiger partial charge in [0.2, 0.25) is 10.0 Å². The van der Waals surface area contributed by atoms with Crippen LogP contribution in [0.3, 0.4) is 0 Å². The summed E-state index contributed by atoms with van der Waals surface area (Å²) in [5, 5.41) is 2.83. The van der Waals surface area contributed by atoms with E-state index in [4.69, 9.17) is 4.74 Å². The fraction of sp³-hybridized carbons (Fsp3) is 0.333. The Kier molecular flexibility index (Phi) is 5.45. The van der Waals surface area contributed by atoms with Gasteiger partial charge < -0.3 is 4.74 Å². The molecule has 25 heavy (non-hydrogen) atoms. The normalized spacial score (nSPS) is 15.7. The van der Waals surface area contributed by atoms with Gasteiger partial charge in [-0.25, -0.2) is 13.1 Å². The van der Waals surface area contributed by atoms with Crippen LogP contribution in [0.1, 0.15) is 32.1 Å². The van der Waals surface area contributed by atoms with E-state index in [1.54, 1.807) is 36.4 Å². The maximum atomic E-state index is 12.4. The molecule has 0 unspecified atom stereocenters. The molecule has 1 N–H and O–H groups in total. The lowest BCUT2D eigenvalue weighted by Crippen LogP contribution is -2.36. The van der Waals surface area contributed by atoms with E-state index in [0.717, 1.165) is 25.7 Å². The number of sulfonamides is 1. The number of hydrogen-bond donors (Lipinski definition) is 1. The predicted octanol–water partition coefficient (Wildman–Crippen LogP) is 4.49. The molecular weight excluding hydrogens is 340 g/mol. The zero-order chi connectivity index (χ0) is 17.7. The standard InChI is InChI=1S/C18H20N2O4S/c21-19-14-6-8-16(9-7-14)24-17-10-12-18(13-11-17)25(22,23)20-15-4-2-1-3-5-15/h6-13,15,20H,1-5H2. The van der Waals surface area contributed by atoms with Crippen LogP contribution in [0.5, 0.6) is 11.5 Å². The average Bonchev–Trinajstić information content (AvgIpc) is 2.63. The third-order valence-electron chi connectivity index (χ3n) is 4.24. The van der Waals surface area contributed by atoms with Gasteiger partial charge in [0.1, 0.15) is 17.2 Å². The molecule has 1 fully saturated rings. The van der Waals surface area contributed by atoms with Gasteiger partial charge in [0.15, 0.2) is 0 Å². The zero-order valence-corrected chi connectivity index (χ0v) is 14.5. The highest BCUT2D eigenvalue weighted by atomic mass is 32.2. The van der Waals surface area contributed by atoms with Crippen molar-refractivity contribution >= 4 is 15.7 Å². The van der Waals surface area contributed by atoms with Crippen LogP contribution < -0.4 is 9.46 Å². The van der Waals surface area contributed by atoms with Gasteiger partial charge in [-0.05, 0) is 66.5 Å². The Bertz CT molecular complexity index is 811. The van der Waals surface area contributed by atoms with Crippen molar-refractivity contribution in [1.29, 1.82) is 0 Å². The first-order chi connectivity index (χ1) is 12.1. The SMILES string of the molecule is O=Nc1ccc(Oc2ccc(S(=O)(=O)NC3CCCCC3)cc2)cc1. The molecule has 3 rings (SSSR count). The van der Waals surface area contributed by atoms with Crippen molar-refractivity contribution < 1.29 is 13.2 Å². The maximum Gasteiger partial charge on any atom is 0.240 e. The topological polar surface area (TPSA) is 84.8 Å². The Balaban J connectivity index is 1.67. The summed E-state index contributed by atoms with van der Waals surface area (Å²) in [5.74, 6) is 1.06. The van der Waals surface area contributed by atoms with Crippen molar-refractivity contribution in [2.45, 2.75) is 43.0 Å². The Morgan fingerprint density at radius 3 is 2.00 bits per heavy atom. The molecular formula is C18H20N2O4S. The highest BCUT2D eigenvalue weighted by Crippen LogP contribution is 2.25. The summed E-state index contributed by atoms with van der Waals surface area (Å²) in [7, 11) is -3.51. The molecule has 0 atom stereocenters. The Morgan fingerprint density at radius 1 is 0.880 bits per heavy atom. The number of benzene rings is 2. The van der Waals surface area contributed by atoms with E-state index in [-0.39, 0.29) is 10.9 Å². The molecule has 0 amide bonds. The summed E-state index contributed by atoms with van der Waals surface area (Å²) in [5.41, 5.74) is 0.322. The maximum absolute atomic E-state index is 12.4. The summed E-state index contributed by atoms with van der Waals surface area (Å²) < 4.78 is 33.3. The lowest BCUT2D eigenvalue weighted by atomic mass is 9.96. The molecule has 7 heteroatoms. The van der Waals surface area contributed by atoms with Crippen molar-refractivity contribution in [1.82, 2.24) is 4.72 Å². The van der Waals surface area contributed by atoms with Crippen LogP contribution in [0.25, 0.3) is 0 Å². The summed E-state index contributed by atoms with van der Waals surface area (Å²) in [6.07, 6.45) is 5.10. The Labute approximate surface area is 147 Å². The molecule has 0 radical (unpaired) electrons. The van der Waals surface area contributed by atoms with Gasteiger partial charge in [-0.1, -0.05) is 19.3 Å². The minimum Gasteiger partial charge on any atom is -0.457 e. The van der Waals surface area contributed by atoms with E-state index in [1.807, 2.05) is 0 Å². The Hall–Kier alpha value is -2.25. The summed E-state index contributed by atoms with van der Waals surface area (Å²) in [4.78, 5) is 10.6. The molecule has 0 saturated heterocycles. The Morgan fingerprint density at radius 2 is 1.44 bits per heavy atom. The monoisotopic (exact) mass is 360 g/mol. The van der Waals surface area contributed by atoms with Crippen LogP contribution in [0.15, 0.2) is 58.6 Å². The summed E-state index contributed by atoms with van der Waals surface area (Å²) >= 11 is 0. The van der Waals surface area contributed by atoms with E-state index in [9.17, 15) is 13.3 Å². The molecule has 1 aliphatic rings. The lowest BCUT2D eigenvalue weighted by molar-refractivity contribution is 0.412. The minimum absolute atomic E-state index is 0.0274. The van der Waals surface area contributed by atoms with Crippen LogP contribution in [0.2, 0.25) is 0 Å². The van der Waals surface area contributed by atoms with Gasteiger partial charge >= 0.3 is 0 Å². The second-order valence-corrected chi connectivity index (χ2v) is 7.83. The molecule has 2 aromatic carbocycles. The fourth-order valence-electron chi connectivity index (χ4n) is 2.91. The third-order valence-corrected chi connectivity index (χ3v) is 5.78. The molecule has 6 nitrogen and oxygen atoms in total. The molecule has 0 bridgehead atoms. The van der Waals surface area contributed by atoms with Crippen molar-refractivity contribution in [2.75, 3.05) is 0 Å². The van der Waals surface area contributed by atoms with Gasteiger partial charge in [0.05, 0.1) is 4.90 Å². The van der Waals surface area contributed by atoms with E-state index in [1.165, 1.54) is 18.6 Å². The molecule has 0 aromatic heterocycles. The molecule has 0 spiro atoms. The number of hydrogen-bond acceptors (Lipinski definition) is 5. The number of nitrogens with one attached hydrogen (secondary N) is 1. The molecule has 132 valence electrons. The van der Waals surface area contributed by atoms with Gasteiger partial charge in [-0.15, -0.1) is 4.91 Å². The zero-order valence-electron chi connectivity index (χ0n) is 13.7. The number of ether oxygens (including phenoxy) is 1. The van der Waals surface area contributed by atoms with E-state index >= 15 is 0 Å². The minimum atomic E-state index is -3.51. The van der Waals surface area contributed by atoms with Gasteiger partial charge in [0, 0.05) is 6.04 Å². The summed E-state index contributed by atoms with van der Waals surface area (Å²) in [6, 6.07) is 12.7. The molecule has 0 heterocycles. The first-order valence-corrected chi connectivity index (χ1v) is 9.79. The van der Waals surface area contributed by atoms with Crippen molar-refractivity contribution in [3.05, 3.63) is 53.4 Å². The summed E-state index contributed by atoms with van der Waals surface area (Å²) in [6.45, 7) is 0. The number of rotatable bonds is 6. The first kappa shape index (κ1) is 17.6. The molecule has 1 saturated carbocycles. The predicted molar refractivity (Wildman–Crippen MR) is 95.6 cm³/mol. The highest BCUT2D eigenvalue weighted by Gasteiger charge is 2.21. The lowest BCUT2D eigenvalue weighted by Gasteiger charge is -2.22. The van der Waals surface area contributed by atoms with Crippen molar-refractivity contribution in [3.63, 3.8) is 0 Å². The van der Waals surface area contributed by atoms with E-state index in [0.29, 0.717) is 17.2 Å². The molecule has 0 aliphatic heterocycles. The van der Waals surface area contributed by atoms with Crippen molar-refractivity contribution in [3.8, 4) is 11.5 Å². The number of nitroso groups, excluding NO2 is 1. The smallest absolute Gasteiger partial charge is 0.240 e. The van der Waals surface area contributed by atoms with Gasteiger partial charge in [-0.2, -0.15) is 0 Å². The second kappa shape index (κ2) is 7.76. The molecule has 1 aliphatic carbocycles. The van der Waals surface area contributed by atoms with E-state index in [2.05, 4.69) is 9.90 Å². The van der Waals surface area contributed by atoms with E-state index < -0.39 is 10.0 Å². The van der Waals surface area contributed by atoms with Crippen LogP contribution in [-0.4, -0.2) is 14.5 Å². The average molecular weight is 360 g/mol. The second-order valence-electron chi connectivity index (χ2n) is 6.11. The van der Waals surface area contributed by atoms with Crippen LogP contribution >= 0.6 is 0 Å². The quantitative estimate of drug-likeness (QED) is 0.769. The van der Waals surface area contributed by atoms with Gasteiger partial charge in [0.25, 0.3) is 0 Å². The highest BCUT2D eigenvalue weighted by molar-refractivity contribution is 7.89. The first-order valence-electron chi connectivity index (χ1n) is 8.30. The number of nitrogens with zero attached hydrogens (tertiary/aromatic N) is 1. The fourth-order valence-corrected chi connectivity index (χ4v) is 4.21. The van der Waals surface area contributed by atoms with Crippen LogP contribution in [0.4, 0.5) is 5.69 Å².